The molecule has 0 spiro atoms. The van der Waals surface area contributed by atoms with Crippen LogP contribution in [0.3, 0.4) is 0 Å². The third kappa shape index (κ3) is 6.63. The number of hydrogen-bond donors (Lipinski definition) is 1. The summed E-state index contributed by atoms with van der Waals surface area (Å²) in [4.78, 5) is 29.5. The van der Waals surface area contributed by atoms with Gasteiger partial charge in [-0.15, -0.1) is 11.3 Å². The Bertz CT molecular complexity index is 1630. The van der Waals surface area contributed by atoms with Crippen molar-refractivity contribution in [3.8, 4) is 28.1 Å². The number of hydrogen-bond acceptors (Lipinski definition) is 9. The van der Waals surface area contributed by atoms with Gasteiger partial charge in [0.2, 0.25) is 10.0 Å². The zero-order valence-corrected chi connectivity index (χ0v) is 23.7. The summed E-state index contributed by atoms with van der Waals surface area (Å²) in [5.41, 5.74) is 3.78. The van der Waals surface area contributed by atoms with Crippen molar-refractivity contribution in [3.63, 3.8) is 0 Å². The highest BCUT2D eigenvalue weighted by Crippen LogP contribution is 2.30. The summed E-state index contributed by atoms with van der Waals surface area (Å²) in [5.74, 6) is -1.33. The van der Waals surface area contributed by atoms with Crippen molar-refractivity contribution < 1.29 is 32.2 Å². The van der Waals surface area contributed by atoms with Crippen LogP contribution in [0.25, 0.3) is 22.4 Å². The Morgan fingerprint density at radius 1 is 0.976 bits per heavy atom. The van der Waals surface area contributed by atoms with Gasteiger partial charge in [0, 0.05) is 24.0 Å². The van der Waals surface area contributed by atoms with Gasteiger partial charge < -0.3 is 14.2 Å². The lowest BCUT2D eigenvalue weighted by Gasteiger charge is -2.26. The van der Waals surface area contributed by atoms with E-state index in [9.17, 15) is 18.0 Å². The molecule has 1 amide bonds. The molecule has 10 nitrogen and oxygen atoms in total. The molecule has 0 atom stereocenters. The molecule has 2 heterocycles. The number of aromatic nitrogens is 1. The van der Waals surface area contributed by atoms with E-state index in [0.717, 1.165) is 16.7 Å². The standard InChI is InChI=1S/C29H27N3O7S2/c1-37-25-12-11-23(17-26(25)41(35,36)32-13-15-38-16-14-32)28(34)39-18-27(33)31-29-30-24(19-40-29)22-9-7-21(8-10-22)20-5-3-2-4-6-20/h2-12,17,19H,13-16,18H2,1H3,(H,30,31,33). The van der Waals surface area contributed by atoms with Crippen molar-refractivity contribution in [1.29, 1.82) is 0 Å². The van der Waals surface area contributed by atoms with Crippen molar-refractivity contribution >= 4 is 38.4 Å². The molecule has 1 aromatic heterocycles. The smallest absolute Gasteiger partial charge is 0.338 e. The highest BCUT2D eigenvalue weighted by molar-refractivity contribution is 7.89. The van der Waals surface area contributed by atoms with Gasteiger partial charge in [0.1, 0.15) is 10.6 Å². The van der Waals surface area contributed by atoms with Crippen LogP contribution in [0.4, 0.5) is 5.13 Å². The fraction of sp³-hybridized carbons (Fsp3) is 0.207. The average Bonchev–Trinajstić information content (AvgIpc) is 3.48. The maximum atomic E-state index is 13.2. The Labute approximate surface area is 241 Å². The molecule has 212 valence electrons. The third-order valence-corrected chi connectivity index (χ3v) is 9.04. The summed E-state index contributed by atoms with van der Waals surface area (Å²) in [6, 6.07) is 21.9. The molecular formula is C29H27N3O7S2. The van der Waals surface area contributed by atoms with E-state index in [1.807, 2.05) is 60.0 Å². The molecule has 5 rings (SSSR count). The number of thiazole rings is 1. The van der Waals surface area contributed by atoms with Gasteiger partial charge in [-0.25, -0.2) is 18.2 Å². The SMILES string of the molecule is COc1ccc(C(=O)OCC(=O)Nc2nc(-c3ccc(-c4ccccc4)cc3)cs2)cc1S(=O)(=O)N1CCOCC1. The number of morpholine rings is 1. The fourth-order valence-electron chi connectivity index (χ4n) is 4.23. The molecule has 1 aliphatic rings. The van der Waals surface area contributed by atoms with E-state index in [2.05, 4.69) is 10.3 Å². The Morgan fingerprint density at radius 3 is 2.37 bits per heavy atom. The van der Waals surface area contributed by atoms with E-state index < -0.39 is 28.5 Å². The molecule has 4 aromatic rings. The molecule has 0 bridgehead atoms. The minimum absolute atomic E-state index is 0.0269. The van der Waals surface area contributed by atoms with Gasteiger partial charge in [-0.05, 0) is 29.3 Å². The van der Waals surface area contributed by atoms with E-state index >= 15 is 0 Å². The second kappa shape index (κ2) is 12.6. The van der Waals surface area contributed by atoms with Gasteiger partial charge >= 0.3 is 5.97 Å². The molecule has 12 heteroatoms. The first-order valence-corrected chi connectivity index (χ1v) is 15.0. The van der Waals surface area contributed by atoms with Gasteiger partial charge in [-0.2, -0.15) is 4.31 Å². The van der Waals surface area contributed by atoms with E-state index in [4.69, 9.17) is 14.2 Å². The maximum absolute atomic E-state index is 13.2. The lowest BCUT2D eigenvalue weighted by molar-refractivity contribution is -0.119. The van der Waals surface area contributed by atoms with Crippen LogP contribution in [0.5, 0.6) is 5.75 Å². The molecule has 1 N–H and O–H groups in total. The van der Waals surface area contributed by atoms with Crippen molar-refractivity contribution in [3.05, 3.63) is 83.7 Å². The van der Waals surface area contributed by atoms with Crippen LogP contribution in [-0.2, 0) is 24.3 Å². The van der Waals surface area contributed by atoms with Crippen molar-refractivity contribution in [2.75, 3.05) is 45.3 Å². The first-order valence-electron chi connectivity index (χ1n) is 12.7. The largest absolute Gasteiger partial charge is 0.495 e. The number of ether oxygens (including phenoxy) is 3. The number of anilines is 1. The summed E-state index contributed by atoms with van der Waals surface area (Å²) in [6.45, 7) is 0.367. The predicted octanol–water partition coefficient (Wildman–Crippen LogP) is 4.30. The van der Waals surface area contributed by atoms with E-state index in [0.29, 0.717) is 10.8 Å². The molecule has 1 aliphatic heterocycles. The molecule has 3 aromatic carbocycles. The minimum Gasteiger partial charge on any atom is -0.495 e. The average molecular weight is 594 g/mol. The third-order valence-electron chi connectivity index (χ3n) is 6.36. The van der Waals surface area contributed by atoms with E-state index in [1.54, 1.807) is 0 Å². The van der Waals surface area contributed by atoms with Crippen LogP contribution in [-0.4, -0.2) is 69.6 Å². The highest BCUT2D eigenvalue weighted by atomic mass is 32.2. The van der Waals surface area contributed by atoms with Crippen LogP contribution < -0.4 is 10.1 Å². The van der Waals surface area contributed by atoms with Gasteiger partial charge in [0.05, 0.1) is 31.6 Å². The number of methoxy groups -OCH3 is 1. The topological polar surface area (TPSA) is 124 Å². The number of sulfonamides is 1. The van der Waals surface area contributed by atoms with Gasteiger partial charge in [-0.3, -0.25) is 10.1 Å². The summed E-state index contributed by atoms with van der Waals surface area (Å²) in [7, 11) is -2.59. The molecule has 41 heavy (non-hydrogen) atoms. The fourth-order valence-corrected chi connectivity index (χ4v) is 6.55. The summed E-state index contributed by atoms with van der Waals surface area (Å²) < 4.78 is 43.2. The number of nitrogens with zero attached hydrogens (tertiary/aromatic N) is 2. The molecule has 0 saturated carbocycles. The first kappa shape index (κ1) is 28.4. The van der Waals surface area contributed by atoms with Crippen LogP contribution in [0.15, 0.2) is 83.1 Å². The van der Waals surface area contributed by atoms with Crippen molar-refractivity contribution in [1.82, 2.24) is 9.29 Å². The quantitative estimate of drug-likeness (QED) is 0.285. The summed E-state index contributed by atoms with van der Waals surface area (Å²) in [6.07, 6.45) is 0. The second-order valence-electron chi connectivity index (χ2n) is 8.99. The number of nitrogens with one attached hydrogen (secondary N) is 1. The van der Waals surface area contributed by atoms with Crippen LogP contribution in [0.2, 0.25) is 0 Å². The van der Waals surface area contributed by atoms with E-state index in [1.165, 1.54) is 41.0 Å². The van der Waals surface area contributed by atoms with Gasteiger partial charge in [0.15, 0.2) is 11.7 Å². The first-order chi connectivity index (χ1) is 19.8. The Hall–Kier alpha value is -4.10. The second-order valence-corrected chi connectivity index (χ2v) is 11.8. The molecule has 0 aliphatic carbocycles. The predicted molar refractivity (Wildman–Crippen MR) is 154 cm³/mol. The van der Waals surface area contributed by atoms with Crippen LogP contribution >= 0.6 is 11.3 Å². The minimum atomic E-state index is -3.94. The normalized spacial score (nSPS) is 13.9. The van der Waals surface area contributed by atoms with Crippen LogP contribution in [0.1, 0.15) is 10.4 Å². The maximum Gasteiger partial charge on any atom is 0.338 e. The molecule has 1 fully saturated rings. The molecular weight excluding hydrogens is 566 g/mol. The Kier molecular flexibility index (Phi) is 8.74. The molecule has 0 radical (unpaired) electrons. The number of carbonyl (C=O) groups is 2. The molecule has 0 unspecified atom stereocenters. The lowest BCUT2D eigenvalue weighted by atomic mass is 10.0. The Morgan fingerprint density at radius 2 is 1.66 bits per heavy atom. The van der Waals surface area contributed by atoms with Crippen LogP contribution in [0, 0.1) is 0 Å². The van der Waals surface area contributed by atoms with Gasteiger partial charge in [0.25, 0.3) is 5.91 Å². The highest BCUT2D eigenvalue weighted by Gasteiger charge is 2.30. The number of rotatable bonds is 9. The number of carbonyl (C=O) groups excluding carboxylic acids is 2. The number of benzene rings is 3. The van der Waals surface area contributed by atoms with E-state index in [-0.39, 0.29) is 42.5 Å². The zero-order valence-electron chi connectivity index (χ0n) is 22.1. The zero-order chi connectivity index (χ0) is 28.8. The van der Waals surface area contributed by atoms with Gasteiger partial charge in [-0.1, -0.05) is 54.6 Å². The monoisotopic (exact) mass is 593 g/mol. The summed E-state index contributed by atoms with van der Waals surface area (Å²) in [5, 5.41) is 4.81. The summed E-state index contributed by atoms with van der Waals surface area (Å²) >= 11 is 1.25. The lowest BCUT2D eigenvalue weighted by Crippen LogP contribution is -2.40. The van der Waals surface area contributed by atoms with Crippen molar-refractivity contribution in [2.45, 2.75) is 4.90 Å². The molecule has 1 saturated heterocycles. The number of amides is 1. The van der Waals surface area contributed by atoms with Crippen molar-refractivity contribution in [2.24, 2.45) is 0 Å². The Balaban J connectivity index is 1.20. The number of esters is 1.